The Bertz CT molecular complexity index is 888. The third-order valence-electron chi connectivity index (χ3n) is 4.91. The molecular weight excluding hydrogens is 403 g/mol. The summed E-state index contributed by atoms with van der Waals surface area (Å²) in [5.41, 5.74) is 2.64. The van der Waals surface area contributed by atoms with E-state index in [0.29, 0.717) is 25.2 Å². The molecule has 3 rings (SSSR count). The normalized spacial score (nSPS) is 16.5. The maximum atomic E-state index is 13.3. The summed E-state index contributed by atoms with van der Waals surface area (Å²) in [6.07, 6.45) is 0.791. The number of sulfonamides is 1. The molecule has 0 atom stereocenters. The molecule has 1 aliphatic rings. The summed E-state index contributed by atoms with van der Waals surface area (Å²) in [4.78, 5) is 2.29. The molecule has 1 aromatic heterocycles. The second-order valence-electron chi connectivity index (χ2n) is 7.13. The standard InChI is InChI=1S/C19H27FN4O2S.ClH/c1-16-13-17(2)24(21-16)12-10-22-7-4-8-23(11-9-22)27(25,26)15-18-5-3-6-19(20)14-18;/h3,5-6,13-14H,4,7-12,15H2,1-2H3;1H. The van der Waals surface area contributed by atoms with Crippen LogP contribution in [0.5, 0.6) is 0 Å². The van der Waals surface area contributed by atoms with Crippen LogP contribution in [-0.4, -0.2) is 60.1 Å². The van der Waals surface area contributed by atoms with Gasteiger partial charge in [-0.1, -0.05) is 12.1 Å². The summed E-state index contributed by atoms with van der Waals surface area (Å²) in [6.45, 7) is 8.21. The first-order valence-electron chi connectivity index (χ1n) is 9.29. The zero-order chi connectivity index (χ0) is 19.4. The van der Waals surface area contributed by atoms with Crippen LogP contribution >= 0.6 is 12.4 Å². The van der Waals surface area contributed by atoms with Gasteiger partial charge < -0.3 is 4.90 Å². The van der Waals surface area contributed by atoms with Crippen LogP contribution < -0.4 is 0 Å². The summed E-state index contributed by atoms with van der Waals surface area (Å²) in [6, 6.07) is 7.87. The first-order valence-corrected chi connectivity index (χ1v) is 10.9. The lowest BCUT2D eigenvalue weighted by Gasteiger charge is -2.22. The molecule has 0 saturated carbocycles. The molecule has 0 radical (unpaired) electrons. The van der Waals surface area contributed by atoms with Crippen molar-refractivity contribution in [2.75, 3.05) is 32.7 Å². The largest absolute Gasteiger partial charge is 0.300 e. The molecule has 1 saturated heterocycles. The van der Waals surface area contributed by atoms with Crippen LogP contribution in [-0.2, 0) is 22.3 Å². The van der Waals surface area contributed by atoms with Gasteiger partial charge in [0.15, 0.2) is 0 Å². The molecule has 1 fully saturated rings. The Morgan fingerprint density at radius 1 is 1.07 bits per heavy atom. The summed E-state index contributed by atoms with van der Waals surface area (Å²) < 4.78 is 42.3. The molecule has 0 bridgehead atoms. The molecule has 0 amide bonds. The minimum Gasteiger partial charge on any atom is -0.300 e. The van der Waals surface area contributed by atoms with Crippen LogP contribution in [0.4, 0.5) is 4.39 Å². The number of benzene rings is 1. The molecule has 0 spiro atoms. The van der Waals surface area contributed by atoms with E-state index >= 15 is 0 Å². The quantitative estimate of drug-likeness (QED) is 0.706. The molecule has 9 heteroatoms. The van der Waals surface area contributed by atoms with Crippen molar-refractivity contribution in [3.05, 3.63) is 53.1 Å². The Kier molecular flexibility index (Phi) is 8.00. The second kappa shape index (κ2) is 9.82. The van der Waals surface area contributed by atoms with E-state index in [2.05, 4.69) is 16.1 Å². The van der Waals surface area contributed by atoms with Gasteiger partial charge >= 0.3 is 0 Å². The number of hydrogen-bond donors (Lipinski definition) is 0. The molecule has 1 aromatic carbocycles. The lowest BCUT2D eigenvalue weighted by Crippen LogP contribution is -2.36. The fraction of sp³-hybridized carbons (Fsp3) is 0.526. The molecule has 2 heterocycles. The summed E-state index contributed by atoms with van der Waals surface area (Å²) in [5.74, 6) is -0.565. The van der Waals surface area contributed by atoms with E-state index in [9.17, 15) is 12.8 Å². The number of rotatable bonds is 6. The lowest BCUT2D eigenvalue weighted by atomic mass is 10.2. The molecule has 0 N–H and O–H groups in total. The third kappa shape index (κ3) is 6.01. The molecule has 2 aromatic rings. The van der Waals surface area contributed by atoms with Gasteiger partial charge in [0.1, 0.15) is 5.82 Å². The number of nitrogens with zero attached hydrogens (tertiary/aromatic N) is 4. The number of aromatic nitrogens is 2. The predicted octanol–water partition coefficient (Wildman–Crippen LogP) is 2.60. The highest BCUT2D eigenvalue weighted by Crippen LogP contribution is 2.15. The van der Waals surface area contributed by atoms with E-state index in [1.807, 2.05) is 18.5 Å². The third-order valence-corrected chi connectivity index (χ3v) is 6.76. The highest BCUT2D eigenvalue weighted by atomic mass is 35.5. The van der Waals surface area contributed by atoms with Gasteiger partial charge in [-0.25, -0.2) is 17.1 Å². The van der Waals surface area contributed by atoms with Crippen LogP contribution in [0.3, 0.4) is 0 Å². The first-order chi connectivity index (χ1) is 12.8. The van der Waals surface area contributed by atoms with Gasteiger partial charge in [0, 0.05) is 31.9 Å². The Hall–Kier alpha value is -1.48. The van der Waals surface area contributed by atoms with Gasteiger partial charge in [-0.2, -0.15) is 5.10 Å². The molecular formula is C19H28ClFN4O2S. The second-order valence-corrected chi connectivity index (χ2v) is 9.10. The topological polar surface area (TPSA) is 58.4 Å². The molecule has 28 heavy (non-hydrogen) atoms. The average molecular weight is 431 g/mol. The van der Waals surface area contributed by atoms with Crippen molar-refractivity contribution in [3.63, 3.8) is 0 Å². The van der Waals surface area contributed by atoms with Crippen molar-refractivity contribution in [2.45, 2.75) is 32.6 Å². The van der Waals surface area contributed by atoms with E-state index in [-0.39, 0.29) is 18.2 Å². The van der Waals surface area contributed by atoms with Crippen molar-refractivity contribution >= 4 is 22.4 Å². The smallest absolute Gasteiger partial charge is 0.218 e. The first kappa shape index (κ1) is 22.8. The summed E-state index contributed by atoms with van der Waals surface area (Å²) in [7, 11) is -3.45. The predicted molar refractivity (Wildman–Crippen MR) is 111 cm³/mol. The van der Waals surface area contributed by atoms with Gasteiger partial charge in [-0.3, -0.25) is 4.68 Å². The fourth-order valence-corrected chi connectivity index (χ4v) is 5.07. The van der Waals surface area contributed by atoms with E-state index in [0.717, 1.165) is 37.4 Å². The SMILES string of the molecule is Cc1cc(C)n(CCN2CCCN(S(=O)(=O)Cc3cccc(F)c3)CC2)n1.Cl. The maximum Gasteiger partial charge on any atom is 0.218 e. The van der Waals surface area contributed by atoms with Gasteiger partial charge in [-0.15, -0.1) is 12.4 Å². The maximum absolute atomic E-state index is 13.3. The summed E-state index contributed by atoms with van der Waals surface area (Å²) in [5, 5.41) is 4.48. The van der Waals surface area contributed by atoms with E-state index < -0.39 is 15.8 Å². The monoisotopic (exact) mass is 430 g/mol. The van der Waals surface area contributed by atoms with Gasteiger partial charge in [0.05, 0.1) is 18.0 Å². The van der Waals surface area contributed by atoms with Crippen LogP contribution in [0, 0.1) is 19.7 Å². The van der Waals surface area contributed by atoms with Crippen molar-refractivity contribution in [2.24, 2.45) is 0 Å². The number of halogens is 2. The zero-order valence-corrected chi connectivity index (χ0v) is 18.0. The van der Waals surface area contributed by atoms with E-state index in [1.165, 1.54) is 12.1 Å². The van der Waals surface area contributed by atoms with Crippen LogP contribution in [0.15, 0.2) is 30.3 Å². The fourth-order valence-electron chi connectivity index (χ4n) is 3.52. The van der Waals surface area contributed by atoms with E-state index in [1.54, 1.807) is 16.4 Å². The highest BCUT2D eigenvalue weighted by Gasteiger charge is 2.25. The van der Waals surface area contributed by atoms with Crippen LogP contribution in [0.1, 0.15) is 23.4 Å². The lowest BCUT2D eigenvalue weighted by molar-refractivity contribution is 0.269. The average Bonchev–Trinajstić information content (AvgIpc) is 2.79. The Morgan fingerprint density at radius 3 is 2.54 bits per heavy atom. The number of hydrogen-bond acceptors (Lipinski definition) is 4. The van der Waals surface area contributed by atoms with Crippen molar-refractivity contribution in [3.8, 4) is 0 Å². The van der Waals surface area contributed by atoms with Crippen molar-refractivity contribution < 1.29 is 12.8 Å². The Morgan fingerprint density at radius 2 is 1.86 bits per heavy atom. The van der Waals surface area contributed by atoms with Gasteiger partial charge in [0.2, 0.25) is 10.0 Å². The molecule has 0 unspecified atom stereocenters. The zero-order valence-electron chi connectivity index (χ0n) is 16.3. The van der Waals surface area contributed by atoms with Gasteiger partial charge in [-0.05, 0) is 50.6 Å². The van der Waals surface area contributed by atoms with E-state index in [4.69, 9.17) is 0 Å². The molecule has 1 aliphatic heterocycles. The molecule has 156 valence electrons. The number of aryl methyl sites for hydroxylation is 2. The minimum atomic E-state index is -3.45. The van der Waals surface area contributed by atoms with Crippen molar-refractivity contribution in [1.82, 2.24) is 19.0 Å². The minimum absolute atomic E-state index is 0. The molecule has 0 aliphatic carbocycles. The van der Waals surface area contributed by atoms with Crippen LogP contribution in [0.2, 0.25) is 0 Å². The van der Waals surface area contributed by atoms with Crippen molar-refractivity contribution in [1.29, 1.82) is 0 Å². The Labute approximate surface area is 172 Å². The van der Waals surface area contributed by atoms with Gasteiger partial charge in [0.25, 0.3) is 0 Å². The summed E-state index contributed by atoms with van der Waals surface area (Å²) >= 11 is 0. The molecule has 6 nitrogen and oxygen atoms in total. The van der Waals surface area contributed by atoms with Crippen LogP contribution in [0.25, 0.3) is 0 Å². The Balaban J connectivity index is 0.00000280. The highest BCUT2D eigenvalue weighted by molar-refractivity contribution is 7.88.